The van der Waals surface area contributed by atoms with Crippen molar-refractivity contribution in [2.75, 3.05) is 13.1 Å². The Bertz CT molecular complexity index is 1550. The Morgan fingerprint density at radius 3 is 1.62 bits per heavy atom. The van der Waals surface area contributed by atoms with Gasteiger partial charge in [0, 0.05) is 19.3 Å². The summed E-state index contributed by atoms with van der Waals surface area (Å²) >= 11 is 0. The second-order valence-corrected chi connectivity index (χ2v) is 9.57. The molecular weight excluding hydrogens is 528 g/mol. The average Bonchev–Trinajstić information content (AvgIpc) is 3.03. The molecule has 1 heterocycles. The fourth-order valence-electron chi connectivity index (χ4n) is 4.52. The highest BCUT2D eigenvalue weighted by Gasteiger charge is 2.20. The summed E-state index contributed by atoms with van der Waals surface area (Å²) in [5, 5.41) is 9.46. The van der Waals surface area contributed by atoms with Gasteiger partial charge in [0.1, 0.15) is 28.7 Å². The molecule has 1 N–H and O–H groups in total. The number of benzene rings is 4. The van der Waals surface area contributed by atoms with Gasteiger partial charge in [0.05, 0.1) is 5.56 Å². The van der Waals surface area contributed by atoms with Crippen LogP contribution in [0.5, 0.6) is 23.0 Å². The van der Waals surface area contributed by atoms with Crippen LogP contribution in [-0.4, -0.2) is 40.0 Å². The van der Waals surface area contributed by atoms with Crippen LogP contribution in [0.3, 0.4) is 0 Å². The lowest BCUT2D eigenvalue weighted by molar-refractivity contribution is 0.0696. The maximum atomic E-state index is 13.7. The van der Waals surface area contributed by atoms with Crippen molar-refractivity contribution in [1.82, 2.24) is 9.88 Å². The summed E-state index contributed by atoms with van der Waals surface area (Å²) in [5.41, 5.74) is 1.98. The fraction of sp³-hybridized carbons (Fsp3) is 0.114. The smallest absolute Gasteiger partial charge is 0.335 e. The van der Waals surface area contributed by atoms with Crippen molar-refractivity contribution in [3.05, 3.63) is 150 Å². The number of pyridine rings is 1. The minimum atomic E-state index is -1.11. The number of hydrogen-bond acceptors (Lipinski definition) is 5. The van der Waals surface area contributed by atoms with Crippen LogP contribution in [0.4, 0.5) is 0 Å². The van der Waals surface area contributed by atoms with Crippen molar-refractivity contribution >= 4 is 11.9 Å². The molecule has 1 aromatic heterocycles. The number of ether oxygens (including phenoxy) is 2. The number of nitrogens with zero attached hydrogens (tertiary/aromatic N) is 2. The first-order chi connectivity index (χ1) is 20.6. The topological polar surface area (TPSA) is 89.0 Å². The lowest BCUT2D eigenvalue weighted by Gasteiger charge is -2.24. The van der Waals surface area contributed by atoms with Crippen molar-refractivity contribution in [3.8, 4) is 23.0 Å². The molecule has 0 spiro atoms. The third-order valence-corrected chi connectivity index (χ3v) is 6.70. The van der Waals surface area contributed by atoms with Crippen molar-refractivity contribution < 1.29 is 24.2 Å². The van der Waals surface area contributed by atoms with Gasteiger partial charge >= 0.3 is 5.97 Å². The Labute approximate surface area is 244 Å². The van der Waals surface area contributed by atoms with Gasteiger partial charge in [0.2, 0.25) is 0 Å². The summed E-state index contributed by atoms with van der Waals surface area (Å²) in [6.07, 6.45) is 2.39. The molecule has 0 saturated heterocycles. The van der Waals surface area contributed by atoms with Crippen LogP contribution < -0.4 is 9.47 Å². The lowest BCUT2D eigenvalue weighted by atomic mass is 10.1. The molecule has 5 aromatic rings. The van der Waals surface area contributed by atoms with E-state index >= 15 is 0 Å². The Kier molecular flexibility index (Phi) is 9.21. The zero-order valence-electron chi connectivity index (χ0n) is 22.9. The summed E-state index contributed by atoms with van der Waals surface area (Å²) < 4.78 is 12.3. The molecule has 0 aliphatic heterocycles. The largest absolute Gasteiger partial charge is 0.478 e. The van der Waals surface area contributed by atoms with Gasteiger partial charge in [-0.1, -0.05) is 72.8 Å². The molecule has 0 unspecified atom stereocenters. The van der Waals surface area contributed by atoms with Crippen LogP contribution in [-0.2, 0) is 12.8 Å². The standard InChI is InChI=1S/C35H30N2O5/c38-34(31-25-28(35(39)40)19-22-36-31)37(23-20-26-11-7-9-17-32(26)41-29-13-3-1-4-14-29)24-21-27-12-8-10-18-33(27)42-30-15-5-2-6-16-30/h1-19,22,25H,20-21,23-24H2,(H,39,40). The van der Waals surface area contributed by atoms with Crippen LogP contribution in [0, 0.1) is 0 Å². The first kappa shape index (κ1) is 28.1. The average molecular weight is 559 g/mol. The molecule has 0 saturated carbocycles. The maximum Gasteiger partial charge on any atom is 0.335 e. The molecule has 0 bridgehead atoms. The van der Waals surface area contributed by atoms with Crippen molar-refractivity contribution in [2.45, 2.75) is 12.8 Å². The van der Waals surface area contributed by atoms with Crippen LogP contribution in [0.1, 0.15) is 32.0 Å². The molecule has 0 radical (unpaired) electrons. The van der Waals surface area contributed by atoms with Gasteiger partial charge in [-0.05, 0) is 72.5 Å². The molecule has 7 nitrogen and oxygen atoms in total. The van der Waals surface area contributed by atoms with Crippen LogP contribution >= 0.6 is 0 Å². The van der Waals surface area contributed by atoms with E-state index in [0.29, 0.717) is 37.4 Å². The first-order valence-electron chi connectivity index (χ1n) is 13.7. The molecule has 7 heteroatoms. The number of carboxylic acid groups (broad SMARTS) is 1. The number of carboxylic acids is 1. The number of carbonyl (C=O) groups excluding carboxylic acids is 1. The van der Waals surface area contributed by atoms with Crippen LogP contribution in [0.25, 0.3) is 0 Å². The summed E-state index contributed by atoms with van der Waals surface area (Å²) in [5.74, 6) is 1.41. The van der Waals surface area contributed by atoms with E-state index in [2.05, 4.69) is 4.98 Å². The number of para-hydroxylation sites is 4. The fourth-order valence-corrected chi connectivity index (χ4v) is 4.52. The summed E-state index contributed by atoms with van der Waals surface area (Å²) in [6.45, 7) is 0.739. The normalized spacial score (nSPS) is 10.6. The zero-order chi connectivity index (χ0) is 29.1. The zero-order valence-corrected chi connectivity index (χ0v) is 22.9. The Hall–Kier alpha value is -5.43. The van der Waals surface area contributed by atoms with E-state index in [9.17, 15) is 14.7 Å². The molecule has 0 aliphatic carbocycles. The number of rotatable bonds is 12. The number of amides is 1. The minimum Gasteiger partial charge on any atom is -0.478 e. The SMILES string of the molecule is O=C(O)c1ccnc(C(=O)N(CCc2ccccc2Oc2ccccc2)CCc2ccccc2Oc2ccccc2)c1. The van der Waals surface area contributed by atoms with Crippen molar-refractivity contribution in [3.63, 3.8) is 0 Å². The molecule has 0 fully saturated rings. The molecule has 42 heavy (non-hydrogen) atoms. The Morgan fingerprint density at radius 2 is 1.12 bits per heavy atom. The number of carbonyl (C=O) groups is 2. The molecular formula is C35H30N2O5. The predicted octanol–water partition coefficient (Wildman–Crippen LogP) is 7.29. The van der Waals surface area contributed by atoms with E-state index in [1.165, 1.54) is 18.3 Å². The molecule has 0 atom stereocenters. The second-order valence-electron chi connectivity index (χ2n) is 9.57. The highest BCUT2D eigenvalue weighted by molar-refractivity contribution is 5.95. The second kappa shape index (κ2) is 13.8. The van der Waals surface area contributed by atoms with Gasteiger partial charge < -0.3 is 19.5 Å². The van der Waals surface area contributed by atoms with Crippen LogP contribution in [0.15, 0.2) is 128 Å². The van der Waals surface area contributed by atoms with Gasteiger partial charge in [0.25, 0.3) is 5.91 Å². The molecule has 5 rings (SSSR count). The Balaban J connectivity index is 1.37. The van der Waals surface area contributed by atoms with Gasteiger partial charge in [0.15, 0.2) is 0 Å². The number of aromatic nitrogens is 1. The summed E-state index contributed by atoms with van der Waals surface area (Å²) in [7, 11) is 0. The molecule has 4 aromatic carbocycles. The van der Waals surface area contributed by atoms with E-state index < -0.39 is 5.97 Å². The summed E-state index contributed by atoms with van der Waals surface area (Å²) in [6, 6.07) is 37.2. The molecule has 0 aliphatic rings. The first-order valence-corrected chi connectivity index (χ1v) is 13.7. The van der Waals surface area contributed by atoms with E-state index in [-0.39, 0.29) is 17.2 Å². The summed E-state index contributed by atoms with van der Waals surface area (Å²) in [4.78, 5) is 31.2. The van der Waals surface area contributed by atoms with E-state index in [1.54, 1.807) is 4.90 Å². The van der Waals surface area contributed by atoms with Gasteiger partial charge in [-0.15, -0.1) is 0 Å². The quantitative estimate of drug-likeness (QED) is 0.173. The van der Waals surface area contributed by atoms with Crippen molar-refractivity contribution in [2.24, 2.45) is 0 Å². The lowest BCUT2D eigenvalue weighted by Crippen LogP contribution is -2.35. The number of aromatic carboxylic acids is 1. The monoisotopic (exact) mass is 558 g/mol. The maximum absolute atomic E-state index is 13.7. The minimum absolute atomic E-state index is 0.0107. The van der Waals surface area contributed by atoms with E-state index in [1.807, 2.05) is 109 Å². The third-order valence-electron chi connectivity index (χ3n) is 6.70. The highest BCUT2D eigenvalue weighted by Crippen LogP contribution is 2.27. The predicted molar refractivity (Wildman–Crippen MR) is 160 cm³/mol. The van der Waals surface area contributed by atoms with Gasteiger partial charge in [-0.25, -0.2) is 4.79 Å². The Morgan fingerprint density at radius 1 is 0.643 bits per heavy atom. The van der Waals surface area contributed by atoms with Gasteiger partial charge in [-0.2, -0.15) is 0 Å². The van der Waals surface area contributed by atoms with Crippen LogP contribution in [0.2, 0.25) is 0 Å². The molecule has 210 valence electrons. The number of hydrogen-bond donors (Lipinski definition) is 1. The van der Waals surface area contributed by atoms with Gasteiger partial charge in [-0.3, -0.25) is 9.78 Å². The molecule has 1 amide bonds. The third kappa shape index (κ3) is 7.40. The van der Waals surface area contributed by atoms with E-state index in [4.69, 9.17) is 9.47 Å². The highest BCUT2D eigenvalue weighted by atomic mass is 16.5. The van der Waals surface area contributed by atoms with E-state index in [0.717, 1.165) is 22.6 Å². The van der Waals surface area contributed by atoms with Crippen molar-refractivity contribution in [1.29, 1.82) is 0 Å².